The summed E-state index contributed by atoms with van der Waals surface area (Å²) >= 11 is 0. The number of amides is 2. The molecule has 1 atom stereocenters. The molecule has 0 radical (unpaired) electrons. The maximum Gasteiger partial charge on any atom is 0.243 e. The molecule has 1 N–H and O–H groups in total. The molecule has 0 heterocycles. The van der Waals surface area contributed by atoms with Crippen molar-refractivity contribution in [1.82, 2.24) is 10.2 Å². The molecular weight excluding hydrogens is 480 g/mol. The molecule has 0 bridgehead atoms. The third kappa shape index (κ3) is 7.67. The standard InChI is InChI=1S/C35H38N2O2/c1-26(2)36-35(39)33(23-28-16-7-4-8-17-28)37(25-31-22-14-13-15-27(31)3)34(38)24-32(29-18-9-5-10-19-29)30-20-11-6-12-21-30/h4-22,26,32-33H,23-25H2,1-3H3,(H,36,39)/t33-/m0/s1. The first-order valence-electron chi connectivity index (χ1n) is 13.7. The van der Waals surface area contributed by atoms with Gasteiger partial charge in [0.15, 0.2) is 0 Å². The van der Waals surface area contributed by atoms with E-state index in [0.29, 0.717) is 13.0 Å². The molecule has 2 amide bonds. The summed E-state index contributed by atoms with van der Waals surface area (Å²) in [5.74, 6) is -0.299. The van der Waals surface area contributed by atoms with E-state index in [2.05, 4.69) is 42.6 Å². The van der Waals surface area contributed by atoms with E-state index in [4.69, 9.17) is 0 Å². The molecule has 200 valence electrons. The zero-order chi connectivity index (χ0) is 27.6. The number of hydrogen-bond acceptors (Lipinski definition) is 2. The molecule has 4 rings (SSSR count). The van der Waals surface area contributed by atoms with E-state index >= 15 is 0 Å². The van der Waals surface area contributed by atoms with Crippen LogP contribution >= 0.6 is 0 Å². The highest BCUT2D eigenvalue weighted by Gasteiger charge is 2.32. The Morgan fingerprint density at radius 3 is 1.77 bits per heavy atom. The fourth-order valence-electron chi connectivity index (χ4n) is 5.00. The highest BCUT2D eigenvalue weighted by molar-refractivity contribution is 5.88. The molecule has 4 aromatic carbocycles. The summed E-state index contributed by atoms with van der Waals surface area (Å²) in [5.41, 5.74) is 5.32. The van der Waals surface area contributed by atoms with E-state index < -0.39 is 6.04 Å². The number of carbonyl (C=O) groups is 2. The zero-order valence-corrected chi connectivity index (χ0v) is 23.1. The summed E-state index contributed by atoms with van der Waals surface area (Å²) in [7, 11) is 0. The van der Waals surface area contributed by atoms with Gasteiger partial charge in [-0.15, -0.1) is 0 Å². The van der Waals surface area contributed by atoms with Crippen LogP contribution in [0.25, 0.3) is 0 Å². The summed E-state index contributed by atoms with van der Waals surface area (Å²) in [6.45, 7) is 6.32. The van der Waals surface area contributed by atoms with Crippen LogP contribution in [0.3, 0.4) is 0 Å². The molecule has 4 heteroatoms. The maximum atomic E-state index is 14.4. The van der Waals surface area contributed by atoms with Crippen LogP contribution in [0.15, 0.2) is 115 Å². The normalized spacial score (nSPS) is 11.8. The molecular formula is C35H38N2O2. The monoisotopic (exact) mass is 518 g/mol. The van der Waals surface area contributed by atoms with Gasteiger partial charge in [-0.25, -0.2) is 0 Å². The van der Waals surface area contributed by atoms with Crippen molar-refractivity contribution in [1.29, 1.82) is 0 Å². The molecule has 0 saturated carbocycles. The fourth-order valence-corrected chi connectivity index (χ4v) is 5.00. The van der Waals surface area contributed by atoms with Gasteiger partial charge in [0, 0.05) is 31.3 Å². The number of nitrogens with one attached hydrogen (secondary N) is 1. The highest BCUT2D eigenvalue weighted by atomic mass is 16.2. The minimum atomic E-state index is -0.644. The van der Waals surface area contributed by atoms with Gasteiger partial charge in [-0.2, -0.15) is 0 Å². The lowest BCUT2D eigenvalue weighted by Gasteiger charge is -2.33. The number of rotatable bonds is 11. The molecule has 0 aliphatic heterocycles. The summed E-state index contributed by atoms with van der Waals surface area (Å²) in [6, 6.07) is 37.7. The first kappa shape index (κ1) is 27.8. The fraction of sp³-hybridized carbons (Fsp3) is 0.257. The Morgan fingerprint density at radius 1 is 0.718 bits per heavy atom. The molecule has 0 spiro atoms. The lowest BCUT2D eigenvalue weighted by molar-refractivity contribution is -0.141. The van der Waals surface area contributed by atoms with Crippen molar-refractivity contribution >= 4 is 11.8 Å². The Bertz CT molecular complexity index is 1300. The van der Waals surface area contributed by atoms with Gasteiger partial charge in [-0.3, -0.25) is 9.59 Å². The molecule has 39 heavy (non-hydrogen) atoms. The van der Waals surface area contributed by atoms with Crippen LogP contribution in [0.4, 0.5) is 0 Å². The van der Waals surface area contributed by atoms with Crippen LogP contribution < -0.4 is 5.32 Å². The smallest absolute Gasteiger partial charge is 0.243 e. The van der Waals surface area contributed by atoms with Crippen LogP contribution in [0.2, 0.25) is 0 Å². The van der Waals surface area contributed by atoms with Crippen LogP contribution in [-0.4, -0.2) is 28.8 Å². The molecule has 4 aromatic rings. The summed E-state index contributed by atoms with van der Waals surface area (Å²) in [4.78, 5) is 29.9. The Hall–Kier alpha value is -4.18. The largest absolute Gasteiger partial charge is 0.352 e. The van der Waals surface area contributed by atoms with E-state index in [9.17, 15) is 9.59 Å². The second-order valence-electron chi connectivity index (χ2n) is 10.4. The Labute approximate surface area is 232 Å². The van der Waals surface area contributed by atoms with Crippen molar-refractivity contribution in [2.75, 3.05) is 0 Å². The van der Waals surface area contributed by atoms with Gasteiger partial charge < -0.3 is 10.2 Å². The van der Waals surface area contributed by atoms with Gasteiger partial charge in [-0.1, -0.05) is 115 Å². The van der Waals surface area contributed by atoms with Crippen molar-refractivity contribution in [3.63, 3.8) is 0 Å². The Balaban J connectivity index is 1.74. The van der Waals surface area contributed by atoms with Gasteiger partial charge in [0.2, 0.25) is 11.8 Å². The number of hydrogen-bond donors (Lipinski definition) is 1. The Morgan fingerprint density at radius 2 is 1.23 bits per heavy atom. The van der Waals surface area contributed by atoms with Crippen molar-refractivity contribution in [2.24, 2.45) is 0 Å². The average Bonchev–Trinajstić information content (AvgIpc) is 2.95. The summed E-state index contributed by atoms with van der Waals surface area (Å²) in [5, 5.41) is 3.08. The average molecular weight is 519 g/mol. The molecule has 0 aliphatic carbocycles. The first-order chi connectivity index (χ1) is 18.9. The second-order valence-corrected chi connectivity index (χ2v) is 10.4. The molecule has 0 saturated heterocycles. The first-order valence-corrected chi connectivity index (χ1v) is 13.7. The van der Waals surface area contributed by atoms with Crippen molar-refractivity contribution < 1.29 is 9.59 Å². The highest BCUT2D eigenvalue weighted by Crippen LogP contribution is 2.30. The van der Waals surface area contributed by atoms with E-state index in [-0.39, 0.29) is 30.2 Å². The third-order valence-electron chi connectivity index (χ3n) is 7.09. The maximum absolute atomic E-state index is 14.4. The quantitative estimate of drug-likeness (QED) is 0.241. The topological polar surface area (TPSA) is 49.4 Å². The van der Waals surface area contributed by atoms with Crippen LogP contribution in [0, 0.1) is 6.92 Å². The van der Waals surface area contributed by atoms with Crippen LogP contribution in [0.1, 0.15) is 54.0 Å². The molecule has 0 unspecified atom stereocenters. The van der Waals surface area contributed by atoms with E-state index in [0.717, 1.165) is 27.8 Å². The van der Waals surface area contributed by atoms with Gasteiger partial charge in [0.05, 0.1) is 0 Å². The SMILES string of the molecule is Cc1ccccc1CN(C(=O)CC(c1ccccc1)c1ccccc1)[C@@H](Cc1ccccc1)C(=O)NC(C)C. The minimum Gasteiger partial charge on any atom is -0.352 e. The molecule has 0 aliphatic rings. The van der Waals surface area contributed by atoms with Crippen LogP contribution in [-0.2, 0) is 22.6 Å². The van der Waals surface area contributed by atoms with Crippen molar-refractivity contribution in [3.05, 3.63) is 143 Å². The minimum absolute atomic E-state index is 0.0347. The molecule has 0 aromatic heterocycles. The van der Waals surface area contributed by atoms with Crippen molar-refractivity contribution in [2.45, 2.75) is 58.2 Å². The van der Waals surface area contributed by atoms with Crippen LogP contribution in [0.5, 0.6) is 0 Å². The Kier molecular flexibility index (Phi) is 9.69. The number of benzene rings is 4. The lowest BCUT2D eigenvalue weighted by Crippen LogP contribution is -2.52. The second kappa shape index (κ2) is 13.6. The van der Waals surface area contributed by atoms with Gasteiger partial charge in [0.25, 0.3) is 0 Å². The van der Waals surface area contributed by atoms with E-state index in [1.54, 1.807) is 4.90 Å². The molecule has 4 nitrogen and oxygen atoms in total. The lowest BCUT2D eigenvalue weighted by atomic mass is 9.87. The number of aryl methyl sites for hydroxylation is 1. The van der Waals surface area contributed by atoms with Gasteiger partial charge >= 0.3 is 0 Å². The third-order valence-corrected chi connectivity index (χ3v) is 7.09. The number of carbonyl (C=O) groups excluding carboxylic acids is 2. The summed E-state index contributed by atoms with van der Waals surface area (Å²) in [6.07, 6.45) is 0.707. The van der Waals surface area contributed by atoms with Gasteiger partial charge in [0.1, 0.15) is 6.04 Å². The van der Waals surface area contributed by atoms with E-state index in [1.807, 2.05) is 98.8 Å². The number of nitrogens with zero attached hydrogens (tertiary/aromatic N) is 1. The predicted molar refractivity (Wildman–Crippen MR) is 158 cm³/mol. The van der Waals surface area contributed by atoms with E-state index in [1.165, 1.54) is 0 Å². The molecule has 0 fully saturated rings. The zero-order valence-electron chi connectivity index (χ0n) is 23.1. The predicted octanol–water partition coefficient (Wildman–Crippen LogP) is 6.68. The van der Waals surface area contributed by atoms with Crippen molar-refractivity contribution in [3.8, 4) is 0 Å². The summed E-state index contributed by atoms with van der Waals surface area (Å²) < 4.78 is 0. The van der Waals surface area contributed by atoms with Gasteiger partial charge in [-0.05, 0) is 48.6 Å².